The van der Waals surface area contributed by atoms with Crippen LogP contribution in [0.2, 0.25) is 0 Å². The Bertz CT molecular complexity index is 426. The second-order valence-corrected chi connectivity index (χ2v) is 3.53. The van der Waals surface area contributed by atoms with E-state index in [1.54, 1.807) is 0 Å². The molecule has 1 rings (SSSR count). The van der Waals surface area contributed by atoms with Crippen molar-refractivity contribution in [2.75, 3.05) is 7.11 Å². The number of carbonyl (C=O) groups excluding carboxylic acids is 1. The predicted molar refractivity (Wildman–Crippen MR) is 55.3 cm³/mol. The van der Waals surface area contributed by atoms with Gasteiger partial charge in [-0.1, -0.05) is 0 Å². The van der Waals surface area contributed by atoms with Crippen LogP contribution in [-0.4, -0.2) is 34.5 Å². The Morgan fingerprint density at radius 2 is 1.83 bits per heavy atom. The number of aliphatic hydroxyl groups excluding tert-OH is 3. The molecule has 3 N–H and O–H groups in total. The van der Waals surface area contributed by atoms with Gasteiger partial charge in [-0.15, -0.1) is 0 Å². The third kappa shape index (κ3) is 2.81. The molecule has 2 atom stereocenters. The third-order valence-corrected chi connectivity index (χ3v) is 2.40. The number of aliphatic hydroxyl groups is 3. The highest BCUT2D eigenvalue weighted by atomic mass is 19.1. The van der Waals surface area contributed by atoms with Crippen molar-refractivity contribution in [1.82, 2.24) is 0 Å². The molecule has 0 spiro atoms. The van der Waals surface area contributed by atoms with Gasteiger partial charge in [0.25, 0.3) is 0 Å². The summed E-state index contributed by atoms with van der Waals surface area (Å²) in [7, 11) is 0.994. The fraction of sp³-hybridized carbons (Fsp3) is 0.364. The van der Waals surface area contributed by atoms with E-state index in [2.05, 4.69) is 4.74 Å². The molecule has 7 heteroatoms. The first-order valence-electron chi connectivity index (χ1n) is 4.95. The highest BCUT2D eigenvalue weighted by Gasteiger charge is 2.28. The van der Waals surface area contributed by atoms with Crippen LogP contribution in [0.4, 0.5) is 8.78 Å². The summed E-state index contributed by atoms with van der Waals surface area (Å²) in [4.78, 5) is 11.0. The number of rotatable bonds is 4. The molecule has 0 aliphatic rings. The lowest BCUT2D eigenvalue weighted by Crippen LogP contribution is -2.29. The highest BCUT2D eigenvalue weighted by Crippen LogP contribution is 2.23. The van der Waals surface area contributed by atoms with Crippen LogP contribution in [0.1, 0.15) is 17.2 Å². The van der Waals surface area contributed by atoms with Gasteiger partial charge in [0.2, 0.25) is 0 Å². The Morgan fingerprint density at radius 1 is 1.33 bits per heavy atom. The molecular formula is C11H12F2O5. The van der Waals surface area contributed by atoms with Gasteiger partial charge in [0, 0.05) is 5.56 Å². The van der Waals surface area contributed by atoms with Crippen molar-refractivity contribution in [2.45, 2.75) is 18.8 Å². The number of halogens is 2. The number of methoxy groups -OCH3 is 1. The molecule has 0 amide bonds. The maximum Gasteiger partial charge on any atom is 0.337 e. The maximum atomic E-state index is 13.3. The van der Waals surface area contributed by atoms with Gasteiger partial charge in [0.15, 0.2) is 6.10 Å². The van der Waals surface area contributed by atoms with Gasteiger partial charge in [-0.3, -0.25) is 0 Å². The van der Waals surface area contributed by atoms with E-state index in [0.29, 0.717) is 0 Å². The minimum atomic E-state index is -1.95. The first-order valence-corrected chi connectivity index (χ1v) is 4.95. The van der Waals surface area contributed by atoms with Crippen molar-refractivity contribution in [3.8, 4) is 0 Å². The van der Waals surface area contributed by atoms with Crippen molar-refractivity contribution in [1.29, 1.82) is 0 Å². The average molecular weight is 262 g/mol. The van der Waals surface area contributed by atoms with Crippen LogP contribution in [0.15, 0.2) is 12.1 Å². The third-order valence-electron chi connectivity index (χ3n) is 2.40. The molecule has 100 valence electrons. The van der Waals surface area contributed by atoms with Crippen LogP contribution in [0.5, 0.6) is 0 Å². The van der Waals surface area contributed by atoms with Gasteiger partial charge >= 0.3 is 5.97 Å². The number of carbonyl (C=O) groups is 1. The van der Waals surface area contributed by atoms with Gasteiger partial charge < -0.3 is 20.1 Å². The van der Waals surface area contributed by atoms with E-state index in [1.165, 1.54) is 0 Å². The summed E-state index contributed by atoms with van der Waals surface area (Å²) in [5.74, 6) is -3.29. The highest BCUT2D eigenvalue weighted by molar-refractivity contribution is 5.75. The van der Waals surface area contributed by atoms with E-state index in [9.17, 15) is 23.8 Å². The van der Waals surface area contributed by atoms with Crippen LogP contribution in [0.3, 0.4) is 0 Å². The lowest BCUT2D eigenvalue weighted by atomic mass is 10.0. The van der Waals surface area contributed by atoms with Gasteiger partial charge in [0.1, 0.15) is 17.7 Å². The normalized spacial score (nSPS) is 14.1. The fourth-order valence-corrected chi connectivity index (χ4v) is 1.38. The molecule has 0 saturated carbocycles. The lowest BCUT2D eigenvalue weighted by molar-refractivity contribution is -0.156. The Hall–Kier alpha value is -1.57. The summed E-state index contributed by atoms with van der Waals surface area (Å²) in [5.41, 5.74) is -0.890. The summed E-state index contributed by atoms with van der Waals surface area (Å²) >= 11 is 0. The van der Waals surface area contributed by atoms with Crippen molar-refractivity contribution in [3.05, 3.63) is 34.9 Å². The van der Waals surface area contributed by atoms with E-state index in [1.807, 2.05) is 0 Å². The number of hydrogen-bond acceptors (Lipinski definition) is 5. The fourth-order valence-electron chi connectivity index (χ4n) is 1.38. The first-order chi connectivity index (χ1) is 8.42. The molecular weight excluding hydrogens is 250 g/mol. The summed E-state index contributed by atoms with van der Waals surface area (Å²) in [5, 5.41) is 27.6. The number of esters is 1. The zero-order chi connectivity index (χ0) is 13.9. The molecule has 0 fully saturated rings. The van der Waals surface area contributed by atoms with E-state index < -0.39 is 42.0 Å². The summed E-state index contributed by atoms with van der Waals surface area (Å²) < 4.78 is 30.8. The second kappa shape index (κ2) is 5.85. The molecule has 5 nitrogen and oxygen atoms in total. The minimum absolute atomic E-state index is 0.333. The number of ether oxygens (including phenoxy) is 1. The zero-order valence-corrected chi connectivity index (χ0v) is 9.43. The molecule has 0 aliphatic carbocycles. The molecule has 2 unspecified atom stereocenters. The Labute approximate surface area is 101 Å². The molecule has 18 heavy (non-hydrogen) atoms. The minimum Gasteiger partial charge on any atom is -0.467 e. The Kier molecular flexibility index (Phi) is 4.71. The molecule has 0 saturated heterocycles. The standard InChI is InChI=1S/C11H12F2O5/c1-18-11(17)10(16)9(15)5-2-7(12)6(4-14)8(13)3-5/h2-3,9-10,14-16H,4H2,1H3. The van der Waals surface area contributed by atoms with Crippen LogP contribution >= 0.6 is 0 Å². The average Bonchev–Trinajstić information content (AvgIpc) is 2.35. The molecule has 0 aliphatic heterocycles. The summed E-state index contributed by atoms with van der Waals surface area (Å²) in [6.07, 6.45) is -3.78. The van der Waals surface area contributed by atoms with Gasteiger partial charge in [0.05, 0.1) is 13.7 Å². The van der Waals surface area contributed by atoms with Crippen molar-refractivity contribution in [2.24, 2.45) is 0 Å². The van der Waals surface area contributed by atoms with Crippen molar-refractivity contribution in [3.63, 3.8) is 0 Å². The number of benzene rings is 1. The lowest BCUT2D eigenvalue weighted by Gasteiger charge is -2.16. The molecule has 1 aromatic carbocycles. The SMILES string of the molecule is COC(=O)C(O)C(O)c1cc(F)c(CO)c(F)c1. The second-order valence-electron chi connectivity index (χ2n) is 3.53. The quantitative estimate of drug-likeness (QED) is 0.666. The summed E-state index contributed by atoms with van der Waals surface area (Å²) in [6, 6.07) is 1.46. The van der Waals surface area contributed by atoms with E-state index in [-0.39, 0.29) is 5.56 Å². The molecule has 1 aromatic rings. The van der Waals surface area contributed by atoms with Gasteiger partial charge in [-0.25, -0.2) is 13.6 Å². The van der Waals surface area contributed by atoms with E-state index in [0.717, 1.165) is 19.2 Å². The number of hydrogen-bond donors (Lipinski definition) is 3. The monoisotopic (exact) mass is 262 g/mol. The Morgan fingerprint density at radius 3 is 2.22 bits per heavy atom. The Balaban J connectivity index is 3.07. The molecule has 0 radical (unpaired) electrons. The first kappa shape index (κ1) is 14.5. The zero-order valence-electron chi connectivity index (χ0n) is 9.43. The topological polar surface area (TPSA) is 87.0 Å². The maximum absolute atomic E-state index is 13.3. The van der Waals surface area contributed by atoms with Crippen molar-refractivity contribution >= 4 is 5.97 Å². The van der Waals surface area contributed by atoms with Crippen LogP contribution in [0, 0.1) is 11.6 Å². The predicted octanol–water partition coefficient (Wildman–Crippen LogP) is 0.0244. The van der Waals surface area contributed by atoms with Gasteiger partial charge in [-0.2, -0.15) is 0 Å². The van der Waals surface area contributed by atoms with E-state index >= 15 is 0 Å². The van der Waals surface area contributed by atoms with Crippen LogP contribution in [-0.2, 0) is 16.1 Å². The van der Waals surface area contributed by atoms with Gasteiger partial charge in [-0.05, 0) is 17.7 Å². The summed E-state index contributed by atoms with van der Waals surface area (Å²) in [6.45, 7) is -0.840. The van der Waals surface area contributed by atoms with Crippen LogP contribution < -0.4 is 0 Å². The van der Waals surface area contributed by atoms with Crippen molar-refractivity contribution < 1.29 is 33.6 Å². The largest absolute Gasteiger partial charge is 0.467 e. The molecule has 0 aromatic heterocycles. The molecule has 0 bridgehead atoms. The molecule has 0 heterocycles. The smallest absolute Gasteiger partial charge is 0.337 e. The van der Waals surface area contributed by atoms with E-state index in [4.69, 9.17) is 5.11 Å². The van der Waals surface area contributed by atoms with Crippen LogP contribution in [0.25, 0.3) is 0 Å².